The van der Waals surface area contributed by atoms with Gasteiger partial charge in [-0.15, -0.1) is 0 Å². The van der Waals surface area contributed by atoms with E-state index >= 15 is 0 Å². The van der Waals surface area contributed by atoms with Crippen molar-refractivity contribution < 1.29 is 14.6 Å². The number of rotatable bonds is 7. The number of ether oxygens (including phenoxy) is 1. The lowest BCUT2D eigenvalue weighted by Crippen LogP contribution is -2.15. The van der Waals surface area contributed by atoms with Crippen molar-refractivity contribution in [3.63, 3.8) is 0 Å². The van der Waals surface area contributed by atoms with E-state index in [0.717, 1.165) is 11.3 Å². The standard InChI is InChI=1S/C19H22O3/c1-14(2)16-9-6-10-17(13-16)22-12-11-18(19(20)21)15-7-4-3-5-8-15/h3-10,13-14,18H,11-12H2,1-2H3,(H,20,21). The normalized spacial score (nSPS) is 12.1. The van der Waals surface area contributed by atoms with Gasteiger partial charge in [-0.25, -0.2) is 0 Å². The average Bonchev–Trinajstić information content (AvgIpc) is 2.52. The highest BCUT2D eigenvalue weighted by molar-refractivity contribution is 5.76. The van der Waals surface area contributed by atoms with Crippen LogP contribution in [0.5, 0.6) is 5.75 Å². The second-order valence-corrected chi connectivity index (χ2v) is 5.67. The highest BCUT2D eigenvalue weighted by atomic mass is 16.5. The van der Waals surface area contributed by atoms with Gasteiger partial charge in [0.05, 0.1) is 12.5 Å². The summed E-state index contributed by atoms with van der Waals surface area (Å²) in [4.78, 5) is 11.4. The predicted molar refractivity (Wildman–Crippen MR) is 87.5 cm³/mol. The summed E-state index contributed by atoms with van der Waals surface area (Å²) < 4.78 is 5.74. The molecule has 116 valence electrons. The number of benzene rings is 2. The van der Waals surface area contributed by atoms with E-state index in [1.807, 2.05) is 48.5 Å². The van der Waals surface area contributed by atoms with Gasteiger partial charge in [0, 0.05) is 0 Å². The fourth-order valence-electron chi connectivity index (χ4n) is 2.38. The number of carboxylic acid groups (broad SMARTS) is 1. The number of hydrogen-bond acceptors (Lipinski definition) is 2. The van der Waals surface area contributed by atoms with Crippen LogP contribution in [0, 0.1) is 0 Å². The predicted octanol–water partition coefficient (Wildman–Crippen LogP) is 4.45. The van der Waals surface area contributed by atoms with E-state index in [9.17, 15) is 9.90 Å². The maximum atomic E-state index is 11.4. The minimum atomic E-state index is -0.814. The Morgan fingerprint density at radius 2 is 1.73 bits per heavy atom. The minimum Gasteiger partial charge on any atom is -0.494 e. The lowest BCUT2D eigenvalue weighted by atomic mass is 9.96. The molecule has 0 saturated heterocycles. The molecule has 2 aromatic rings. The summed E-state index contributed by atoms with van der Waals surface area (Å²) in [5.41, 5.74) is 2.03. The Labute approximate surface area is 131 Å². The molecular formula is C19H22O3. The van der Waals surface area contributed by atoms with Crippen molar-refractivity contribution in [2.75, 3.05) is 6.61 Å². The van der Waals surface area contributed by atoms with Crippen LogP contribution in [0.15, 0.2) is 54.6 Å². The van der Waals surface area contributed by atoms with Gasteiger partial charge in [-0.3, -0.25) is 4.79 Å². The van der Waals surface area contributed by atoms with Crippen LogP contribution in [0.4, 0.5) is 0 Å². The second kappa shape index (κ2) is 7.64. The van der Waals surface area contributed by atoms with Crippen LogP contribution >= 0.6 is 0 Å². The van der Waals surface area contributed by atoms with Gasteiger partial charge in [-0.2, -0.15) is 0 Å². The molecule has 0 aliphatic carbocycles. The van der Waals surface area contributed by atoms with Gasteiger partial charge in [0.25, 0.3) is 0 Å². The van der Waals surface area contributed by atoms with Crippen molar-refractivity contribution in [3.8, 4) is 5.75 Å². The molecule has 0 fully saturated rings. The summed E-state index contributed by atoms with van der Waals surface area (Å²) in [7, 11) is 0. The van der Waals surface area contributed by atoms with Crippen LogP contribution in [0.25, 0.3) is 0 Å². The van der Waals surface area contributed by atoms with Crippen LogP contribution < -0.4 is 4.74 Å². The molecule has 0 spiro atoms. The van der Waals surface area contributed by atoms with Gasteiger partial charge < -0.3 is 9.84 Å². The van der Waals surface area contributed by atoms with Crippen LogP contribution in [-0.4, -0.2) is 17.7 Å². The third kappa shape index (κ3) is 4.35. The Hall–Kier alpha value is -2.29. The molecule has 0 aliphatic heterocycles. The van der Waals surface area contributed by atoms with E-state index < -0.39 is 11.9 Å². The quantitative estimate of drug-likeness (QED) is 0.821. The summed E-state index contributed by atoms with van der Waals surface area (Å²) in [6.07, 6.45) is 0.450. The number of aliphatic carboxylic acids is 1. The summed E-state index contributed by atoms with van der Waals surface area (Å²) in [5.74, 6) is -0.108. The highest BCUT2D eigenvalue weighted by Gasteiger charge is 2.19. The first-order chi connectivity index (χ1) is 10.6. The minimum absolute atomic E-state index is 0.382. The van der Waals surface area contributed by atoms with E-state index in [2.05, 4.69) is 19.9 Å². The molecule has 3 nitrogen and oxygen atoms in total. The molecule has 22 heavy (non-hydrogen) atoms. The van der Waals surface area contributed by atoms with Gasteiger partial charge >= 0.3 is 5.97 Å². The van der Waals surface area contributed by atoms with Crippen LogP contribution in [0.1, 0.15) is 43.2 Å². The third-order valence-corrected chi connectivity index (χ3v) is 3.70. The fourth-order valence-corrected chi connectivity index (χ4v) is 2.38. The molecule has 0 heterocycles. The van der Waals surface area contributed by atoms with Crippen molar-refractivity contribution in [3.05, 3.63) is 65.7 Å². The third-order valence-electron chi connectivity index (χ3n) is 3.70. The van der Waals surface area contributed by atoms with Gasteiger partial charge in [0.1, 0.15) is 5.75 Å². The van der Waals surface area contributed by atoms with Crippen molar-refractivity contribution in [1.82, 2.24) is 0 Å². The lowest BCUT2D eigenvalue weighted by molar-refractivity contribution is -0.139. The lowest BCUT2D eigenvalue weighted by Gasteiger charge is -2.14. The van der Waals surface area contributed by atoms with E-state index in [0.29, 0.717) is 18.9 Å². The van der Waals surface area contributed by atoms with Crippen LogP contribution in [0.2, 0.25) is 0 Å². The first kappa shape index (κ1) is 16.1. The van der Waals surface area contributed by atoms with Crippen LogP contribution in [0.3, 0.4) is 0 Å². The number of hydrogen-bond donors (Lipinski definition) is 1. The SMILES string of the molecule is CC(C)c1cccc(OCCC(C(=O)O)c2ccccc2)c1. The molecule has 0 aliphatic rings. The Balaban J connectivity index is 1.96. The van der Waals surface area contributed by atoms with E-state index in [-0.39, 0.29) is 0 Å². The van der Waals surface area contributed by atoms with Gasteiger partial charge in [0.2, 0.25) is 0 Å². The van der Waals surface area contributed by atoms with Crippen molar-refractivity contribution in [2.24, 2.45) is 0 Å². The zero-order valence-electron chi connectivity index (χ0n) is 13.0. The maximum Gasteiger partial charge on any atom is 0.311 e. The molecule has 0 bridgehead atoms. The Kier molecular flexibility index (Phi) is 5.59. The summed E-state index contributed by atoms with van der Waals surface area (Å²) in [6, 6.07) is 17.3. The molecule has 0 radical (unpaired) electrons. The largest absolute Gasteiger partial charge is 0.494 e. The number of carboxylic acids is 1. The molecule has 0 saturated carbocycles. The molecule has 2 aromatic carbocycles. The van der Waals surface area contributed by atoms with Crippen molar-refractivity contribution in [1.29, 1.82) is 0 Å². The summed E-state index contributed by atoms with van der Waals surface area (Å²) in [5, 5.41) is 9.39. The van der Waals surface area contributed by atoms with Gasteiger partial charge in [-0.1, -0.05) is 56.3 Å². The van der Waals surface area contributed by atoms with Crippen molar-refractivity contribution >= 4 is 5.97 Å². The van der Waals surface area contributed by atoms with E-state index in [1.165, 1.54) is 5.56 Å². The monoisotopic (exact) mass is 298 g/mol. The van der Waals surface area contributed by atoms with Crippen molar-refractivity contribution in [2.45, 2.75) is 32.1 Å². The summed E-state index contributed by atoms with van der Waals surface area (Å²) >= 11 is 0. The first-order valence-electron chi connectivity index (χ1n) is 7.58. The Morgan fingerprint density at radius 3 is 2.36 bits per heavy atom. The smallest absolute Gasteiger partial charge is 0.311 e. The number of carbonyl (C=O) groups is 1. The Morgan fingerprint density at radius 1 is 1.05 bits per heavy atom. The molecule has 2 rings (SSSR count). The maximum absolute atomic E-state index is 11.4. The first-order valence-corrected chi connectivity index (χ1v) is 7.58. The average molecular weight is 298 g/mol. The zero-order valence-corrected chi connectivity index (χ0v) is 13.0. The molecule has 1 unspecified atom stereocenters. The van der Waals surface area contributed by atoms with E-state index in [4.69, 9.17) is 4.74 Å². The van der Waals surface area contributed by atoms with Crippen LogP contribution in [-0.2, 0) is 4.79 Å². The topological polar surface area (TPSA) is 46.5 Å². The summed E-state index contributed by atoms with van der Waals surface area (Å²) in [6.45, 7) is 4.65. The molecule has 0 amide bonds. The molecular weight excluding hydrogens is 276 g/mol. The molecule has 0 aromatic heterocycles. The molecule has 1 N–H and O–H groups in total. The van der Waals surface area contributed by atoms with E-state index in [1.54, 1.807) is 0 Å². The molecule has 1 atom stereocenters. The van der Waals surface area contributed by atoms with Gasteiger partial charge in [0.15, 0.2) is 0 Å². The highest BCUT2D eigenvalue weighted by Crippen LogP contribution is 2.23. The second-order valence-electron chi connectivity index (χ2n) is 5.67. The fraction of sp³-hybridized carbons (Fsp3) is 0.316. The molecule has 3 heteroatoms. The zero-order chi connectivity index (χ0) is 15.9. The Bertz CT molecular complexity index is 605. The van der Waals surface area contributed by atoms with Gasteiger partial charge in [-0.05, 0) is 35.6 Å².